The van der Waals surface area contributed by atoms with Crippen LogP contribution in [0.25, 0.3) is 0 Å². The Morgan fingerprint density at radius 1 is 1.29 bits per heavy atom. The van der Waals surface area contributed by atoms with Crippen molar-refractivity contribution in [3.8, 4) is 0 Å². The highest BCUT2D eigenvalue weighted by Gasteiger charge is 2.18. The number of nitrogen functional groups attached to an aromatic ring is 1. The second-order valence-corrected chi connectivity index (χ2v) is 6.12. The quantitative estimate of drug-likeness (QED) is 0.851. The van der Waals surface area contributed by atoms with Gasteiger partial charge in [-0.2, -0.15) is 0 Å². The Labute approximate surface area is 124 Å². The highest BCUT2D eigenvalue weighted by Crippen LogP contribution is 2.22. The number of nitrogens with zero attached hydrogens (tertiary/aromatic N) is 2. The van der Waals surface area contributed by atoms with Crippen LogP contribution in [-0.4, -0.2) is 9.55 Å². The van der Waals surface area contributed by atoms with Crippen LogP contribution < -0.4 is 16.6 Å². The molecule has 21 heavy (non-hydrogen) atoms. The van der Waals surface area contributed by atoms with Gasteiger partial charge in [-0.1, -0.05) is 18.2 Å². The fourth-order valence-corrected chi connectivity index (χ4v) is 2.23. The molecule has 0 saturated carbocycles. The third-order valence-corrected chi connectivity index (χ3v) is 3.38. The number of hydrogen-bond donors (Lipinski definition) is 2. The van der Waals surface area contributed by atoms with E-state index in [9.17, 15) is 4.79 Å². The standard InChI is InChI=1S/C16H22N4O/c1-11(12-7-5-6-8-13(12)17)19-14-15(21)20(10-9-18-14)16(2,3)4/h5-11H,17H2,1-4H3,(H,18,19). The molecule has 1 heterocycles. The zero-order chi connectivity index (χ0) is 15.6. The Bertz CT molecular complexity index is 685. The zero-order valence-electron chi connectivity index (χ0n) is 12.9. The van der Waals surface area contributed by atoms with E-state index in [1.165, 1.54) is 0 Å². The molecule has 2 rings (SSSR count). The van der Waals surface area contributed by atoms with Gasteiger partial charge in [-0.25, -0.2) is 4.98 Å². The minimum Gasteiger partial charge on any atom is -0.398 e. The molecule has 2 aromatic rings. The van der Waals surface area contributed by atoms with Crippen molar-refractivity contribution in [1.82, 2.24) is 9.55 Å². The van der Waals surface area contributed by atoms with E-state index in [0.717, 1.165) is 5.56 Å². The van der Waals surface area contributed by atoms with Crippen molar-refractivity contribution in [2.45, 2.75) is 39.3 Å². The normalized spacial score (nSPS) is 13.0. The monoisotopic (exact) mass is 286 g/mol. The van der Waals surface area contributed by atoms with Crippen LogP contribution in [0.1, 0.15) is 39.3 Å². The van der Waals surface area contributed by atoms with Gasteiger partial charge in [-0.05, 0) is 39.3 Å². The van der Waals surface area contributed by atoms with Gasteiger partial charge in [0.05, 0.1) is 6.04 Å². The molecule has 0 aliphatic carbocycles. The maximum Gasteiger partial charge on any atom is 0.293 e. The number of anilines is 2. The van der Waals surface area contributed by atoms with E-state index in [1.807, 2.05) is 52.0 Å². The molecule has 0 spiro atoms. The van der Waals surface area contributed by atoms with E-state index in [2.05, 4.69) is 10.3 Å². The van der Waals surface area contributed by atoms with Crippen LogP contribution in [0.2, 0.25) is 0 Å². The SMILES string of the molecule is CC(Nc1nccn(C(C)(C)C)c1=O)c1ccccc1N. The number of nitrogens with two attached hydrogens (primary N) is 1. The van der Waals surface area contributed by atoms with Gasteiger partial charge in [0.15, 0.2) is 5.82 Å². The maximum atomic E-state index is 12.5. The molecule has 0 bridgehead atoms. The van der Waals surface area contributed by atoms with Crippen molar-refractivity contribution >= 4 is 11.5 Å². The summed E-state index contributed by atoms with van der Waals surface area (Å²) in [4.78, 5) is 16.6. The number of hydrogen-bond acceptors (Lipinski definition) is 4. The third-order valence-electron chi connectivity index (χ3n) is 3.38. The van der Waals surface area contributed by atoms with Crippen LogP contribution in [0.3, 0.4) is 0 Å². The molecular formula is C16H22N4O. The fraction of sp³-hybridized carbons (Fsp3) is 0.375. The van der Waals surface area contributed by atoms with E-state index < -0.39 is 0 Å². The lowest BCUT2D eigenvalue weighted by molar-refractivity contribution is 0.383. The molecule has 3 N–H and O–H groups in total. The average Bonchev–Trinajstić information content (AvgIpc) is 2.40. The summed E-state index contributed by atoms with van der Waals surface area (Å²) in [5.74, 6) is 0.336. The second-order valence-electron chi connectivity index (χ2n) is 6.12. The highest BCUT2D eigenvalue weighted by atomic mass is 16.1. The molecule has 5 heteroatoms. The maximum absolute atomic E-state index is 12.5. The van der Waals surface area contributed by atoms with Gasteiger partial charge >= 0.3 is 0 Å². The molecule has 0 aliphatic rings. The predicted molar refractivity (Wildman–Crippen MR) is 86.4 cm³/mol. The Morgan fingerprint density at radius 3 is 2.57 bits per heavy atom. The topological polar surface area (TPSA) is 72.9 Å². The molecule has 0 radical (unpaired) electrons. The number of aromatic nitrogens is 2. The molecule has 0 aliphatic heterocycles. The smallest absolute Gasteiger partial charge is 0.293 e. The molecule has 1 aromatic carbocycles. The summed E-state index contributed by atoms with van der Waals surface area (Å²) in [5.41, 5.74) is 7.20. The van der Waals surface area contributed by atoms with Crippen molar-refractivity contribution < 1.29 is 0 Å². The lowest BCUT2D eigenvalue weighted by Gasteiger charge is -2.23. The first-order chi connectivity index (χ1) is 9.80. The van der Waals surface area contributed by atoms with Crippen LogP contribution in [0.5, 0.6) is 0 Å². The van der Waals surface area contributed by atoms with E-state index in [0.29, 0.717) is 11.5 Å². The minimum absolute atomic E-state index is 0.0952. The van der Waals surface area contributed by atoms with E-state index in [-0.39, 0.29) is 17.1 Å². The summed E-state index contributed by atoms with van der Waals surface area (Å²) in [6.45, 7) is 7.91. The number of rotatable bonds is 3. The lowest BCUT2D eigenvalue weighted by Crippen LogP contribution is -2.35. The van der Waals surface area contributed by atoms with Crippen LogP contribution >= 0.6 is 0 Å². The molecule has 5 nitrogen and oxygen atoms in total. The molecule has 1 atom stereocenters. The first-order valence-corrected chi connectivity index (χ1v) is 7.00. The van der Waals surface area contributed by atoms with Crippen LogP contribution in [0.4, 0.5) is 11.5 Å². The largest absolute Gasteiger partial charge is 0.398 e. The predicted octanol–water partition coefficient (Wildman–Crippen LogP) is 2.75. The number of benzene rings is 1. The first kappa shape index (κ1) is 15.1. The van der Waals surface area contributed by atoms with E-state index >= 15 is 0 Å². The van der Waals surface area contributed by atoms with Crippen molar-refractivity contribution in [3.63, 3.8) is 0 Å². The highest BCUT2D eigenvalue weighted by molar-refractivity contribution is 5.50. The Hall–Kier alpha value is -2.30. The molecule has 1 aromatic heterocycles. The minimum atomic E-state index is -0.286. The van der Waals surface area contributed by atoms with Gasteiger partial charge in [0, 0.05) is 23.6 Å². The Morgan fingerprint density at radius 2 is 1.95 bits per heavy atom. The second kappa shape index (κ2) is 5.60. The molecule has 0 amide bonds. The molecule has 1 unspecified atom stereocenters. The van der Waals surface area contributed by atoms with Crippen molar-refractivity contribution in [3.05, 3.63) is 52.6 Å². The van der Waals surface area contributed by atoms with Crippen molar-refractivity contribution in [2.24, 2.45) is 0 Å². The van der Waals surface area contributed by atoms with Gasteiger partial charge in [-0.3, -0.25) is 4.79 Å². The molecule has 0 fully saturated rings. The Balaban J connectivity index is 2.33. The van der Waals surface area contributed by atoms with E-state index in [1.54, 1.807) is 17.0 Å². The van der Waals surface area contributed by atoms with Gasteiger partial charge < -0.3 is 15.6 Å². The Kier molecular flexibility index (Phi) is 4.02. The van der Waals surface area contributed by atoms with Gasteiger partial charge in [0.2, 0.25) is 0 Å². The van der Waals surface area contributed by atoms with Crippen molar-refractivity contribution in [2.75, 3.05) is 11.1 Å². The van der Waals surface area contributed by atoms with Gasteiger partial charge in [0.25, 0.3) is 5.56 Å². The van der Waals surface area contributed by atoms with Gasteiger partial charge in [-0.15, -0.1) is 0 Å². The summed E-state index contributed by atoms with van der Waals surface area (Å²) >= 11 is 0. The fourth-order valence-electron chi connectivity index (χ4n) is 2.23. The summed E-state index contributed by atoms with van der Waals surface area (Å²) in [6.07, 6.45) is 3.34. The van der Waals surface area contributed by atoms with Crippen LogP contribution in [-0.2, 0) is 5.54 Å². The zero-order valence-corrected chi connectivity index (χ0v) is 12.9. The molecule has 0 saturated heterocycles. The van der Waals surface area contributed by atoms with E-state index in [4.69, 9.17) is 5.73 Å². The summed E-state index contributed by atoms with van der Waals surface area (Å²) < 4.78 is 1.67. The summed E-state index contributed by atoms with van der Waals surface area (Å²) in [5, 5.41) is 3.16. The number of nitrogens with one attached hydrogen (secondary N) is 1. The van der Waals surface area contributed by atoms with Crippen molar-refractivity contribution in [1.29, 1.82) is 0 Å². The van der Waals surface area contributed by atoms with Crippen LogP contribution in [0.15, 0.2) is 41.5 Å². The first-order valence-electron chi connectivity index (χ1n) is 7.00. The number of para-hydroxylation sites is 1. The van der Waals surface area contributed by atoms with Gasteiger partial charge in [0.1, 0.15) is 0 Å². The summed E-state index contributed by atoms with van der Waals surface area (Å²) in [6, 6.07) is 7.51. The summed E-state index contributed by atoms with van der Waals surface area (Å²) in [7, 11) is 0. The van der Waals surface area contributed by atoms with Crippen LogP contribution in [0, 0.1) is 0 Å². The molecular weight excluding hydrogens is 264 g/mol. The third kappa shape index (κ3) is 3.24. The average molecular weight is 286 g/mol. The molecule has 112 valence electrons. The lowest BCUT2D eigenvalue weighted by atomic mass is 10.1.